The van der Waals surface area contributed by atoms with Crippen molar-refractivity contribution in [2.45, 2.75) is 25.9 Å². The Morgan fingerprint density at radius 2 is 1.80 bits per heavy atom. The van der Waals surface area contributed by atoms with E-state index in [9.17, 15) is 4.79 Å². The molecule has 1 aromatic carbocycles. The Labute approximate surface area is 120 Å². The molecule has 0 radical (unpaired) electrons. The lowest BCUT2D eigenvalue weighted by molar-refractivity contribution is 0.496. The molecule has 2 heterocycles. The Morgan fingerprint density at radius 3 is 2.55 bits per heavy atom. The number of H-pyrrole nitrogens is 2. The molecular formula is C15H17N3OS. The van der Waals surface area contributed by atoms with Crippen LogP contribution in [0.5, 0.6) is 0 Å². The van der Waals surface area contributed by atoms with Crippen molar-refractivity contribution in [2.24, 2.45) is 0 Å². The van der Waals surface area contributed by atoms with Gasteiger partial charge in [0.2, 0.25) is 0 Å². The summed E-state index contributed by atoms with van der Waals surface area (Å²) in [5.41, 5.74) is 4.00. The first kappa shape index (κ1) is 13.1. The first-order chi connectivity index (χ1) is 9.63. The van der Waals surface area contributed by atoms with Crippen molar-refractivity contribution < 1.29 is 0 Å². The topological polar surface area (TPSA) is 60.7 Å². The first-order valence-corrected chi connectivity index (χ1v) is 7.58. The summed E-state index contributed by atoms with van der Waals surface area (Å²) in [4.78, 5) is 16.8. The monoisotopic (exact) mass is 287 g/mol. The molecule has 0 fully saturated rings. The Bertz CT molecular complexity index is 757. The van der Waals surface area contributed by atoms with Crippen molar-refractivity contribution in [1.29, 1.82) is 0 Å². The van der Waals surface area contributed by atoms with E-state index in [-0.39, 0.29) is 11.7 Å². The molecule has 0 spiro atoms. The van der Waals surface area contributed by atoms with Crippen molar-refractivity contribution in [3.05, 3.63) is 56.6 Å². The molecule has 0 bridgehead atoms. The Hall–Kier alpha value is -1.85. The van der Waals surface area contributed by atoms with Crippen LogP contribution in [0.4, 0.5) is 0 Å². The minimum Gasteiger partial charge on any atom is -0.306 e. The van der Waals surface area contributed by atoms with Gasteiger partial charge in [0.25, 0.3) is 0 Å². The van der Waals surface area contributed by atoms with E-state index in [1.165, 1.54) is 5.56 Å². The number of hydrogen-bond acceptors (Lipinski definition) is 3. The molecule has 3 aromatic rings. The van der Waals surface area contributed by atoms with Gasteiger partial charge in [-0.3, -0.25) is 0 Å². The van der Waals surface area contributed by atoms with E-state index >= 15 is 0 Å². The van der Waals surface area contributed by atoms with Crippen molar-refractivity contribution >= 4 is 22.4 Å². The number of hydrogen-bond donors (Lipinski definition) is 3. The zero-order chi connectivity index (χ0) is 14.1. The fourth-order valence-electron chi connectivity index (χ4n) is 2.41. The summed E-state index contributed by atoms with van der Waals surface area (Å²) in [6.45, 7) is 4.30. The van der Waals surface area contributed by atoms with Crippen LogP contribution < -0.4 is 11.0 Å². The van der Waals surface area contributed by atoms with Gasteiger partial charge >= 0.3 is 5.69 Å². The summed E-state index contributed by atoms with van der Waals surface area (Å²) in [6.07, 6.45) is 0. The number of aromatic nitrogens is 2. The highest BCUT2D eigenvalue weighted by Gasteiger charge is 2.12. The maximum atomic E-state index is 11.3. The minimum atomic E-state index is -0.163. The van der Waals surface area contributed by atoms with E-state index in [4.69, 9.17) is 0 Å². The Morgan fingerprint density at radius 1 is 1.05 bits per heavy atom. The van der Waals surface area contributed by atoms with Gasteiger partial charge in [0.15, 0.2) is 0 Å². The van der Waals surface area contributed by atoms with E-state index in [1.807, 2.05) is 18.2 Å². The second kappa shape index (κ2) is 5.26. The molecule has 5 heteroatoms. The fourth-order valence-corrected chi connectivity index (χ4v) is 3.16. The predicted molar refractivity (Wildman–Crippen MR) is 83.2 cm³/mol. The van der Waals surface area contributed by atoms with E-state index in [2.05, 4.69) is 46.0 Å². The molecule has 2 aromatic heterocycles. The Kier molecular flexibility index (Phi) is 3.46. The maximum Gasteiger partial charge on any atom is 0.323 e. The van der Waals surface area contributed by atoms with Crippen LogP contribution in [-0.4, -0.2) is 9.97 Å². The molecule has 0 aliphatic heterocycles. The average molecular weight is 287 g/mol. The van der Waals surface area contributed by atoms with Crippen LogP contribution in [0.25, 0.3) is 11.0 Å². The van der Waals surface area contributed by atoms with Gasteiger partial charge in [0, 0.05) is 12.1 Å². The summed E-state index contributed by atoms with van der Waals surface area (Å²) < 4.78 is 0. The molecule has 104 valence electrons. The molecule has 0 saturated heterocycles. The lowest BCUT2D eigenvalue weighted by Crippen LogP contribution is -2.22. The molecule has 2 unspecified atom stereocenters. The van der Waals surface area contributed by atoms with Gasteiger partial charge in [-0.15, -0.1) is 0 Å². The summed E-state index contributed by atoms with van der Waals surface area (Å²) in [6, 6.07) is 8.66. The normalized spacial score (nSPS) is 14.5. The Balaban J connectivity index is 1.81. The van der Waals surface area contributed by atoms with Crippen LogP contribution in [0.15, 0.2) is 39.8 Å². The summed E-state index contributed by atoms with van der Waals surface area (Å²) in [7, 11) is 0. The largest absolute Gasteiger partial charge is 0.323 e. The number of thiophene rings is 1. The maximum absolute atomic E-state index is 11.3. The number of aromatic amines is 2. The van der Waals surface area contributed by atoms with E-state index in [0.717, 1.165) is 16.6 Å². The van der Waals surface area contributed by atoms with Crippen LogP contribution in [0.1, 0.15) is 37.1 Å². The van der Waals surface area contributed by atoms with Gasteiger partial charge in [0.1, 0.15) is 0 Å². The van der Waals surface area contributed by atoms with Crippen molar-refractivity contribution in [1.82, 2.24) is 15.3 Å². The molecule has 0 saturated carbocycles. The average Bonchev–Trinajstić information content (AvgIpc) is 3.05. The molecule has 2 atom stereocenters. The smallest absolute Gasteiger partial charge is 0.306 e. The van der Waals surface area contributed by atoms with Gasteiger partial charge in [-0.05, 0) is 53.9 Å². The molecule has 0 amide bonds. The van der Waals surface area contributed by atoms with Crippen molar-refractivity contribution in [3.63, 3.8) is 0 Å². The molecule has 0 aliphatic rings. The molecule has 3 rings (SSSR count). The van der Waals surface area contributed by atoms with Crippen molar-refractivity contribution in [3.8, 4) is 0 Å². The highest BCUT2D eigenvalue weighted by Crippen LogP contribution is 2.22. The lowest BCUT2D eigenvalue weighted by Gasteiger charge is -2.19. The SMILES string of the molecule is CC(NC(C)c1ccc2[nH]c(=O)[nH]c2c1)c1ccsc1. The third-order valence-electron chi connectivity index (χ3n) is 3.58. The van der Waals surface area contributed by atoms with Crippen molar-refractivity contribution in [2.75, 3.05) is 0 Å². The third kappa shape index (κ3) is 2.55. The highest BCUT2D eigenvalue weighted by molar-refractivity contribution is 7.07. The molecule has 20 heavy (non-hydrogen) atoms. The second-order valence-corrected chi connectivity index (χ2v) is 5.83. The number of fused-ring (bicyclic) bond motifs is 1. The highest BCUT2D eigenvalue weighted by atomic mass is 32.1. The van der Waals surface area contributed by atoms with Gasteiger partial charge < -0.3 is 15.3 Å². The summed E-state index contributed by atoms with van der Waals surface area (Å²) in [5, 5.41) is 7.83. The fraction of sp³-hybridized carbons (Fsp3) is 0.267. The van der Waals surface area contributed by atoms with E-state index in [1.54, 1.807) is 11.3 Å². The van der Waals surface area contributed by atoms with Gasteiger partial charge in [-0.1, -0.05) is 6.07 Å². The van der Waals surface area contributed by atoms with Gasteiger partial charge in [0.05, 0.1) is 11.0 Å². The predicted octanol–water partition coefficient (Wildman–Crippen LogP) is 3.33. The van der Waals surface area contributed by atoms with E-state index < -0.39 is 0 Å². The minimum absolute atomic E-state index is 0.163. The van der Waals surface area contributed by atoms with Crippen LogP contribution in [0.2, 0.25) is 0 Å². The number of imidazole rings is 1. The van der Waals surface area contributed by atoms with Crippen LogP contribution in [0.3, 0.4) is 0 Å². The quantitative estimate of drug-likeness (QED) is 0.689. The lowest BCUT2D eigenvalue weighted by atomic mass is 10.1. The van der Waals surface area contributed by atoms with Crippen LogP contribution >= 0.6 is 11.3 Å². The molecule has 0 aliphatic carbocycles. The van der Waals surface area contributed by atoms with E-state index in [0.29, 0.717) is 6.04 Å². The molecule has 4 nitrogen and oxygen atoms in total. The number of rotatable bonds is 4. The van der Waals surface area contributed by atoms with Crippen LogP contribution in [0, 0.1) is 0 Å². The second-order valence-electron chi connectivity index (χ2n) is 5.05. The van der Waals surface area contributed by atoms with Gasteiger partial charge in [-0.2, -0.15) is 11.3 Å². The zero-order valence-electron chi connectivity index (χ0n) is 11.4. The molecule has 3 N–H and O–H groups in total. The van der Waals surface area contributed by atoms with Crippen LogP contribution in [-0.2, 0) is 0 Å². The van der Waals surface area contributed by atoms with Gasteiger partial charge in [-0.25, -0.2) is 4.79 Å². The standard InChI is InChI=1S/C15H17N3OS/c1-9(16-10(2)12-5-6-20-8-12)11-3-4-13-14(7-11)18-15(19)17-13/h3-10,16H,1-2H3,(H2,17,18,19). The number of nitrogens with one attached hydrogen (secondary N) is 3. The summed E-state index contributed by atoms with van der Waals surface area (Å²) >= 11 is 1.71. The summed E-state index contributed by atoms with van der Waals surface area (Å²) in [5.74, 6) is 0. The first-order valence-electron chi connectivity index (χ1n) is 6.63. The third-order valence-corrected chi connectivity index (χ3v) is 4.28. The molecular weight excluding hydrogens is 270 g/mol. The zero-order valence-corrected chi connectivity index (χ0v) is 12.3. The number of benzene rings is 1.